The number of nitriles is 1. The third kappa shape index (κ3) is 9.59. The first kappa shape index (κ1) is 36.1. The molecule has 0 radical (unpaired) electrons. The molecule has 0 bridgehead atoms. The van der Waals surface area contributed by atoms with Crippen molar-refractivity contribution < 1.29 is 32.8 Å². The Morgan fingerprint density at radius 2 is 1.74 bits per heavy atom. The van der Waals surface area contributed by atoms with E-state index in [-0.39, 0.29) is 65.5 Å². The van der Waals surface area contributed by atoms with Gasteiger partial charge in [-0.05, 0) is 25.6 Å². The fourth-order valence-electron chi connectivity index (χ4n) is 4.44. The van der Waals surface area contributed by atoms with Gasteiger partial charge in [-0.3, -0.25) is 0 Å². The Morgan fingerprint density at radius 3 is 2.37 bits per heavy atom. The SMILES string of the molecule is CCN(CCO)CCS(=O)(=O)c1cc(OC)c(/N=N/c2c(Nc3ccccc3)nc(NCCOCCO)c(C#N)c2C)cc1OC. The Morgan fingerprint density at radius 1 is 1.00 bits per heavy atom. The Hall–Kier alpha value is -4.33. The zero-order chi connectivity index (χ0) is 33.5. The van der Waals surface area contributed by atoms with Crippen LogP contribution >= 0.6 is 0 Å². The van der Waals surface area contributed by atoms with Gasteiger partial charge in [0.2, 0.25) is 0 Å². The molecule has 1 heterocycles. The van der Waals surface area contributed by atoms with Gasteiger partial charge in [0, 0.05) is 43.0 Å². The number of para-hydroxylation sites is 1. The number of sulfone groups is 1. The summed E-state index contributed by atoms with van der Waals surface area (Å²) in [5.74, 6) is 0.665. The summed E-state index contributed by atoms with van der Waals surface area (Å²) < 4.78 is 42.9. The van der Waals surface area contributed by atoms with Crippen LogP contribution in [-0.4, -0.2) is 101 Å². The molecule has 0 unspecified atom stereocenters. The van der Waals surface area contributed by atoms with E-state index in [0.717, 1.165) is 5.69 Å². The first-order valence-electron chi connectivity index (χ1n) is 14.7. The number of hydrogen-bond acceptors (Lipinski definition) is 14. The van der Waals surface area contributed by atoms with Crippen molar-refractivity contribution in [2.24, 2.45) is 10.2 Å². The highest BCUT2D eigenvalue weighted by atomic mass is 32.2. The molecule has 14 nitrogen and oxygen atoms in total. The minimum absolute atomic E-state index is 0.0553. The van der Waals surface area contributed by atoms with E-state index in [1.54, 1.807) is 6.92 Å². The summed E-state index contributed by atoms with van der Waals surface area (Å²) in [5.41, 5.74) is 1.95. The van der Waals surface area contributed by atoms with E-state index in [1.807, 2.05) is 42.2 Å². The van der Waals surface area contributed by atoms with Crippen LogP contribution in [0.15, 0.2) is 57.6 Å². The number of nitrogens with one attached hydrogen (secondary N) is 2. The number of anilines is 3. The summed E-state index contributed by atoms with van der Waals surface area (Å²) >= 11 is 0. The summed E-state index contributed by atoms with van der Waals surface area (Å²) in [6.45, 7) is 5.48. The van der Waals surface area contributed by atoms with Crippen LogP contribution in [0.3, 0.4) is 0 Å². The van der Waals surface area contributed by atoms with Crippen LogP contribution in [0.4, 0.5) is 28.7 Å². The van der Waals surface area contributed by atoms with Crippen molar-refractivity contribution in [2.75, 3.05) is 83.2 Å². The largest absolute Gasteiger partial charge is 0.495 e. The molecule has 1 aromatic heterocycles. The average molecular weight is 656 g/mol. The lowest BCUT2D eigenvalue weighted by Crippen LogP contribution is -2.31. The molecule has 15 heteroatoms. The number of hydrogen-bond donors (Lipinski definition) is 4. The molecule has 0 aliphatic carbocycles. The molecule has 0 atom stereocenters. The summed E-state index contributed by atoms with van der Waals surface area (Å²) in [6, 6.07) is 14.3. The first-order valence-corrected chi connectivity index (χ1v) is 16.3. The van der Waals surface area contributed by atoms with Crippen molar-refractivity contribution in [1.82, 2.24) is 9.88 Å². The number of methoxy groups -OCH3 is 2. The van der Waals surface area contributed by atoms with Crippen molar-refractivity contribution in [3.8, 4) is 17.6 Å². The van der Waals surface area contributed by atoms with Gasteiger partial charge in [-0.1, -0.05) is 25.1 Å². The van der Waals surface area contributed by atoms with Gasteiger partial charge in [-0.2, -0.15) is 5.26 Å². The second-order valence-electron chi connectivity index (χ2n) is 9.87. The molecule has 0 spiro atoms. The zero-order valence-corrected chi connectivity index (χ0v) is 27.3. The lowest BCUT2D eigenvalue weighted by molar-refractivity contribution is 0.0992. The molecule has 3 rings (SSSR count). The van der Waals surface area contributed by atoms with Crippen molar-refractivity contribution in [1.29, 1.82) is 5.26 Å². The Kier molecular flexibility index (Phi) is 14.1. The number of nitrogens with zero attached hydrogens (tertiary/aromatic N) is 5. The van der Waals surface area contributed by atoms with E-state index in [0.29, 0.717) is 43.4 Å². The van der Waals surface area contributed by atoms with Crippen LogP contribution in [-0.2, 0) is 14.6 Å². The van der Waals surface area contributed by atoms with Crippen molar-refractivity contribution >= 4 is 38.5 Å². The quantitative estimate of drug-likeness (QED) is 0.108. The van der Waals surface area contributed by atoms with E-state index in [1.165, 1.54) is 26.4 Å². The van der Waals surface area contributed by atoms with E-state index >= 15 is 0 Å². The van der Waals surface area contributed by atoms with Gasteiger partial charge in [-0.15, -0.1) is 10.2 Å². The average Bonchev–Trinajstić information content (AvgIpc) is 3.06. The summed E-state index contributed by atoms with van der Waals surface area (Å²) in [4.78, 5) is 6.43. The van der Waals surface area contributed by atoms with Crippen LogP contribution in [0.25, 0.3) is 0 Å². The number of pyridine rings is 1. The highest BCUT2D eigenvalue weighted by molar-refractivity contribution is 7.91. The molecule has 248 valence electrons. The molecule has 0 fully saturated rings. The normalized spacial score (nSPS) is 11.5. The highest BCUT2D eigenvalue weighted by Gasteiger charge is 2.24. The van der Waals surface area contributed by atoms with Crippen LogP contribution in [0.1, 0.15) is 18.1 Å². The molecular weight excluding hydrogens is 614 g/mol. The van der Waals surface area contributed by atoms with E-state index in [4.69, 9.17) is 19.3 Å². The molecule has 3 aromatic rings. The second kappa shape index (κ2) is 18.0. The van der Waals surface area contributed by atoms with Crippen LogP contribution in [0.5, 0.6) is 11.5 Å². The van der Waals surface area contributed by atoms with Gasteiger partial charge < -0.3 is 40.0 Å². The number of rotatable bonds is 19. The second-order valence-corrected chi connectivity index (χ2v) is 12.0. The minimum Gasteiger partial charge on any atom is -0.495 e. The van der Waals surface area contributed by atoms with Crippen molar-refractivity contribution in [3.63, 3.8) is 0 Å². The van der Waals surface area contributed by atoms with Crippen LogP contribution < -0.4 is 20.1 Å². The van der Waals surface area contributed by atoms with Crippen LogP contribution in [0.2, 0.25) is 0 Å². The van der Waals surface area contributed by atoms with Gasteiger partial charge >= 0.3 is 0 Å². The molecule has 2 aromatic carbocycles. The third-order valence-electron chi connectivity index (χ3n) is 6.94. The molecule has 0 aliphatic rings. The lowest BCUT2D eigenvalue weighted by atomic mass is 10.1. The van der Waals surface area contributed by atoms with Gasteiger partial charge in [0.15, 0.2) is 15.7 Å². The lowest BCUT2D eigenvalue weighted by Gasteiger charge is -2.19. The topological polar surface area (TPSA) is 191 Å². The minimum atomic E-state index is -3.80. The number of aromatic nitrogens is 1. The monoisotopic (exact) mass is 655 g/mol. The smallest absolute Gasteiger partial charge is 0.183 e. The van der Waals surface area contributed by atoms with E-state index < -0.39 is 9.84 Å². The molecule has 4 N–H and O–H groups in total. The first-order chi connectivity index (χ1) is 22.2. The predicted octanol–water partition coefficient (Wildman–Crippen LogP) is 3.95. The van der Waals surface area contributed by atoms with Gasteiger partial charge in [-0.25, -0.2) is 13.4 Å². The fraction of sp³-hybridized carbons (Fsp3) is 0.419. The fourth-order valence-corrected chi connectivity index (χ4v) is 5.90. The number of azo groups is 1. The Labute approximate surface area is 269 Å². The number of benzene rings is 2. The summed E-state index contributed by atoms with van der Waals surface area (Å²) in [7, 11) is -1.05. The maximum Gasteiger partial charge on any atom is 0.183 e. The van der Waals surface area contributed by atoms with Gasteiger partial charge in [0.05, 0.1) is 52.0 Å². The highest BCUT2D eigenvalue weighted by Crippen LogP contribution is 2.41. The molecule has 0 saturated heterocycles. The molecule has 0 amide bonds. The molecule has 46 heavy (non-hydrogen) atoms. The van der Waals surface area contributed by atoms with Gasteiger partial charge in [0.1, 0.15) is 39.7 Å². The molecule has 0 aliphatic heterocycles. The van der Waals surface area contributed by atoms with E-state index in [9.17, 15) is 18.8 Å². The summed E-state index contributed by atoms with van der Waals surface area (Å²) in [5, 5.41) is 43.4. The van der Waals surface area contributed by atoms with Crippen LogP contribution in [0, 0.1) is 18.3 Å². The van der Waals surface area contributed by atoms with Crippen molar-refractivity contribution in [2.45, 2.75) is 18.7 Å². The molecule has 0 saturated carbocycles. The predicted molar refractivity (Wildman–Crippen MR) is 175 cm³/mol. The Balaban J connectivity index is 2.04. The maximum atomic E-state index is 13.3. The van der Waals surface area contributed by atoms with Crippen molar-refractivity contribution in [3.05, 3.63) is 53.6 Å². The molecular formula is C31H41N7O7S. The number of aliphatic hydroxyl groups is 2. The third-order valence-corrected chi connectivity index (χ3v) is 8.64. The number of ether oxygens (including phenoxy) is 3. The van der Waals surface area contributed by atoms with E-state index in [2.05, 4.69) is 31.9 Å². The standard InChI is InChI=1S/C31H41N7O7S/c1-5-38(12-14-39)13-18-46(41,42)28-20-26(43-3)25(19-27(28)44-4)36-37-29-22(2)24(21-32)30(33-11-16-45-17-15-40)35-31(29)34-23-9-7-6-8-10-23/h6-10,19-20,39-40H,5,11-18H2,1-4H3,(H2,33,34,35)/b37-36+. The zero-order valence-electron chi connectivity index (χ0n) is 26.5. The number of aliphatic hydroxyl groups excluding tert-OH is 2. The Bertz CT molecular complexity index is 1610. The maximum absolute atomic E-state index is 13.3. The summed E-state index contributed by atoms with van der Waals surface area (Å²) in [6.07, 6.45) is 0. The number of likely N-dealkylation sites (N-methyl/N-ethyl adjacent to an activating group) is 1. The van der Waals surface area contributed by atoms with Gasteiger partial charge in [0.25, 0.3) is 0 Å².